The maximum atomic E-state index is 12.1. The van der Waals surface area contributed by atoms with Gasteiger partial charge in [0.25, 0.3) is 5.91 Å². The Bertz CT molecular complexity index is 1060. The first-order chi connectivity index (χ1) is 13.8. The number of benzene rings is 1. The first-order valence-corrected chi connectivity index (χ1v) is 11.1. The van der Waals surface area contributed by atoms with E-state index in [1.165, 1.54) is 15.3 Å². The van der Waals surface area contributed by atoms with E-state index < -0.39 is 0 Å². The van der Waals surface area contributed by atoms with Crippen LogP contribution in [0.4, 0.5) is 0 Å². The van der Waals surface area contributed by atoms with Crippen molar-refractivity contribution in [3.8, 4) is 5.69 Å². The van der Waals surface area contributed by atoms with Crippen molar-refractivity contribution in [2.75, 3.05) is 5.75 Å². The molecule has 3 aromatic rings. The molecule has 0 atom stereocenters. The summed E-state index contributed by atoms with van der Waals surface area (Å²) in [7, 11) is 0. The number of hydrogen-bond acceptors (Lipinski definition) is 5. The van der Waals surface area contributed by atoms with Gasteiger partial charge in [0.05, 0.1) is 12.0 Å². The number of thioether (sulfide) groups is 1. The minimum Gasteiger partial charge on any atom is -0.318 e. The minimum absolute atomic E-state index is 0.194. The molecule has 150 valence electrons. The summed E-state index contributed by atoms with van der Waals surface area (Å²) in [5.41, 5.74) is 8.62. The summed E-state index contributed by atoms with van der Waals surface area (Å²) in [6.07, 6.45) is 1.68. The molecule has 3 rings (SSSR count). The Balaban J connectivity index is 1.63. The summed E-state index contributed by atoms with van der Waals surface area (Å²) in [6.45, 7) is 7.93. The second-order valence-corrected chi connectivity index (χ2v) is 8.85. The molecule has 0 saturated carbocycles. The van der Waals surface area contributed by atoms with Gasteiger partial charge in [-0.15, -0.1) is 0 Å². The number of aromatic nitrogens is 3. The first-order valence-electron chi connectivity index (χ1n) is 9.05. The van der Waals surface area contributed by atoms with Crippen LogP contribution in [0.3, 0.4) is 0 Å². The summed E-state index contributed by atoms with van der Waals surface area (Å²) in [6, 6.07) is 12.3. The molecular formula is C21H22IN5OS. The van der Waals surface area contributed by atoms with E-state index in [1.54, 1.807) is 6.21 Å². The van der Waals surface area contributed by atoms with Crippen LogP contribution in [0.15, 0.2) is 46.7 Å². The Morgan fingerprint density at radius 1 is 1.17 bits per heavy atom. The summed E-state index contributed by atoms with van der Waals surface area (Å²) in [5, 5.41) is 4.72. The topological polar surface area (TPSA) is 72.2 Å². The minimum atomic E-state index is -0.194. The molecule has 1 N–H and O–H groups in total. The van der Waals surface area contributed by atoms with Gasteiger partial charge in [-0.2, -0.15) is 5.10 Å². The molecule has 29 heavy (non-hydrogen) atoms. The Hall–Kier alpha value is -2.20. The van der Waals surface area contributed by atoms with E-state index in [4.69, 9.17) is 0 Å². The number of aryl methyl sites for hydroxylation is 3. The van der Waals surface area contributed by atoms with Gasteiger partial charge in [0.2, 0.25) is 0 Å². The zero-order valence-electron chi connectivity index (χ0n) is 16.7. The predicted octanol–water partition coefficient (Wildman–Crippen LogP) is 4.35. The largest absolute Gasteiger partial charge is 0.318 e. The van der Waals surface area contributed by atoms with Crippen molar-refractivity contribution >= 4 is 46.5 Å². The second kappa shape index (κ2) is 9.53. The van der Waals surface area contributed by atoms with E-state index in [9.17, 15) is 4.79 Å². The van der Waals surface area contributed by atoms with Gasteiger partial charge in [-0.25, -0.2) is 15.4 Å². The summed E-state index contributed by atoms with van der Waals surface area (Å²) in [5.74, 6) is 0.0160. The van der Waals surface area contributed by atoms with Crippen LogP contribution in [0.5, 0.6) is 0 Å². The number of nitrogens with one attached hydrogen (secondary N) is 1. The van der Waals surface area contributed by atoms with E-state index in [1.807, 2.05) is 32.9 Å². The fourth-order valence-electron chi connectivity index (χ4n) is 3.03. The van der Waals surface area contributed by atoms with E-state index in [2.05, 4.69) is 78.8 Å². The Labute approximate surface area is 188 Å². The van der Waals surface area contributed by atoms with Crippen molar-refractivity contribution in [1.82, 2.24) is 20.0 Å². The molecule has 0 radical (unpaired) electrons. The monoisotopic (exact) mass is 519 g/mol. The van der Waals surface area contributed by atoms with Crippen LogP contribution in [-0.2, 0) is 4.79 Å². The fraction of sp³-hybridized carbons (Fsp3) is 0.238. The molecule has 6 nitrogen and oxygen atoms in total. The van der Waals surface area contributed by atoms with Crippen molar-refractivity contribution in [3.63, 3.8) is 0 Å². The third kappa shape index (κ3) is 5.66. The first kappa shape index (κ1) is 21.5. The molecule has 0 fully saturated rings. The normalized spacial score (nSPS) is 11.2. The molecule has 1 amide bonds. The highest BCUT2D eigenvalue weighted by atomic mass is 127. The lowest BCUT2D eigenvalue weighted by molar-refractivity contribution is -0.118. The SMILES string of the molecule is Cc1cc(C)nc(SCC(=O)N/N=C\c2cc(C)n(-c3cccc(I)c3)c2C)n1. The molecule has 8 heteroatoms. The number of carbonyl (C=O) groups is 1. The van der Waals surface area contributed by atoms with Gasteiger partial charge >= 0.3 is 0 Å². The maximum Gasteiger partial charge on any atom is 0.250 e. The second-order valence-electron chi connectivity index (χ2n) is 6.66. The number of hydrazone groups is 1. The number of halogens is 1. The highest BCUT2D eigenvalue weighted by Crippen LogP contribution is 2.21. The maximum absolute atomic E-state index is 12.1. The van der Waals surface area contributed by atoms with Crippen LogP contribution >= 0.6 is 34.4 Å². The smallest absolute Gasteiger partial charge is 0.250 e. The van der Waals surface area contributed by atoms with E-state index in [-0.39, 0.29) is 11.7 Å². The molecule has 0 unspecified atom stereocenters. The molecule has 2 aromatic heterocycles. The number of nitrogens with zero attached hydrogens (tertiary/aromatic N) is 4. The Morgan fingerprint density at radius 3 is 2.59 bits per heavy atom. The number of rotatable bonds is 6. The van der Waals surface area contributed by atoms with Gasteiger partial charge in [-0.1, -0.05) is 17.8 Å². The molecule has 0 saturated heterocycles. The van der Waals surface area contributed by atoms with Crippen molar-refractivity contribution in [3.05, 3.63) is 68.3 Å². The average Bonchev–Trinajstić information content (AvgIpc) is 2.93. The van der Waals surface area contributed by atoms with Crippen molar-refractivity contribution < 1.29 is 4.79 Å². The van der Waals surface area contributed by atoms with Gasteiger partial charge in [0.15, 0.2) is 5.16 Å². The van der Waals surface area contributed by atoms with Gasteiger partial charge in [-0.3, -0.25) is 4.79 Å². The van der Waals surface area contributed by atoms with Crippen LogP contribution in [0.25, 0.3) is 5.69 Å². The lowest BCUT2D eigenvalue weighted by Gasteiger charge is -2.09. The van der Waals surface area contributed by atoms with Crippen LogP contribution in [0, 0.1) is 31.3 Å². The van der Waals surface area contributed by atoms with E-state index in [0.29, 0.717) is 5.16 Å². The molecule has 0 bridgehead atoms. The molecule has 0 aliphatic rings. The molecule has 1 aromatic carbocycles. The van der Waals surface area contributed by atoms with Crippen LogP contribution in [-0.4, -0.2) is 32.4 Å². The third-order valence-corrected chi connectivity index (χ3v) is 5.74. The highest BCUT2D eigenvalue weighted by Gasteiger charge is 2.10. The lowest BCUT2D eigenvalue weighted by Crippen LogP contribution is -2.19. The summed E-state index contributed by atoms with van der Waals surface area (Å²) >= 11 is 3.61. The van der Waals surface area contributed by atoms with E-state index >= 15 is 0 Å². The number of amides is 1. The van der Waals surface area contributed by atoms with Gasteiger partial charge in [0.1, 0.15) is 0 Å². The molecular weight excluding hydrogens is 497 g/mol. The van der Waals surface area contributed by atoms with Crippen molar-refractivity contribution in [2.45, 2.75) is 32.9 Å². The Morgan fingerprint density at radius 2 is 1.90 bits per heavy atom. The third-order valence-electron chi connectivity index (χ3n) is 4.22. The molecule has 0 aliphatic carbocycles. The van der Waals surface area contributed by atoms with Crippen LogP contribution in [0.2, 0.25) is 0 Å². The quantitative estimate of drug-likeness (QED) is 0.173. The van der Waals surface area contributed by atoms with Crippen molar-refractivity contribution in [1.29, 1.82) is 0 Å². The molecule has 0 aliphatic heterocycles. The van der Waals surface area contributed by atoms with Crippen molar-refractivity contribution in [2.24, 2.45) is 5.10 Å². The summed E-state index contributed by atoms with van der Waals surface area (Å²) in [4.78, 5) is 20.7. The van der Waals surface area contributed by atoms with E-state index in [0.717, 1.165) is 34.0 Å². The van der Waals surface area contributed by atoms with Crippen LogP contribution in [0.1, 0.15) is 28.3 Å². The summed E-state index contributed by atoms with van der Waals surface area (Å²) < 4.78 is 3.36. The molecule has 0 spiro atoms. The average molecular weight is 519 g/mol. The number of carbonyl (C=O) groups excluding carboxylic acids is 1. The highest BCUT2D eigenvalue weighted by molar-refractivity contribution is 14.1. The van der Waals surface area contributed by atoms with Gasteiger partial charge in [0, 0.05) is 37.6 Å². The molecule has 2 heterocycles. The zero-order valence-corrected chi connectivity index (χ0v) is 19.7. The van der Waals surface area contributed by atoms with Crippen LogP contribution < -0.4 is 5.43 Å². The Kier molecular flexibility index (Phi) is 7.07. The number of hydrogen-bond donors (Lipinski definition) is 1. The standard InChI is InChI=1S/C21H22IN5OS/c1-13-8-14(2)25-21(24-13)29-12-20(28)26-23-11-17-9-15(3)27(16(17)4)19-7-5-6-18(22)10-19/h5-11H,12H2,1-4H3,(H,26,28)/b23-11-. The van der Waals surface area contributed by atoms with Gasteiger partial charge in [-0.05, 0) is 80.6 Å². The lowest BCUT2D eigenvalue weighted by atomic mass is 10.2. The predicted molar refractivity (Wildman–Crippen MR) is 126 cm³/mol. The zero-order chi connectivity index (χ0) is 21.0. The van der Waals surface area contributed by atoms with Gasteiger partial charge < -0.3 is 4.57 Å². The fourth-order valence-corrected chi connectivity index (χ4v) is 4.29.